The van der Waals surface area contributed by atoms with E-state index in [9.17, 15) is 24.6 Å². The van der Waals surface area contributed by atoms with Gasteiger partial charge in [-0.2, -0.15) is 5.26 Å². The Morgan fingerprint density at radius 1 is 1.09 bits per heavy atom. The predicted molar refractivity (Wildman–Crippen MR) is 74.1 cm³/mol. The summed E-state index contributed by atoms with van der Waals surface area (Å²) < 4.78 is 12.9. The summed E-state index contributed by atoms with van der Waals surface area (Å²) in [6.45, 7) is 0. The molecule has 0 saturated carbocycles. The lowest BCUT2D eigenvalue weighted by molar-refractivity contribution is -0.393. The first-order valence-corrected chi connectivity index (χ1v) is 5.82. The van der Waals surface area contributed by atoms with Crippen LogP contribution in [0.15, 0.2) is 36.4 Å². The predicted octanol–water partition coefficient (Wildman–Crippen LogP) is 3.26. The molecule has 0 atom stereocenters. The first-order chi connectivity index (χ1) is 10.4. The van der Waals surface area contributed by atoms with Gasteiger partial charge in [0.05, 0.1) is 21.5 Å². The summed E-state index contributed by atoms with van der Waals surface area (Å²) in [4.78, 5) is 20.2. The average Bonchev–Trinajstić information content (AvgIpc) is 2.49. The SMILES string of the molecule is N#Cc1cc([N+](=O)[O-])cc([N+](=O)[O-])c1Nc1ccc(F)cc1. The lowest BCUT2D eigenvalue weighted by atomic mass is 10.1. The van der Waals surface area contributed by atoms with Gasteiger partial charge in [0, 0.05) is 11.8 Å². The Morgan fingerprint density at radius 3 is 2.23 bits per heavy atom. The minimum absolute atomic E-state index is 0.190. The zero-order valence-corrected chi connectivity index (χ0v) is 10.8. The molecule has 9 heteroatoms. The molecule has 110 valence electrons. The molecule has 22 heavy (non-hydrogen) atoms. The van der Waals surface area contributed by atoms with Crippen molar-refractivity contribution < 1.29 is 14.2 Å². The van der Waals surface area contributed by atoms with Gasteiger partial charge in [-0.25, -0.2) is 4.39 Å². The molecule has 0 saturated heterocycles. The van der Waals surface area contributed by atoms with E-state index in [0.29, 0.717) is 5.69 Å². The smallest absolute Gasteiger partial charge is 0.300 e. The number of hydrogen-bond donors (Lipinski definition) is 1. The van der Waals surface area contributed by atoms with Crippen LogP contribution in [0.2, 0.25) is 0 Å². The molecule has 0 aliphatic rings. The molecule has 0 heterocycles. The Hall–Kier alpha value is -3.54. The first-order valence-electron chi connectivity index (χ1n) is 5.82. The fourth-order valence-electron chi connectivity index (χ4n) is 1.76. The minimum Gasteiger partial charge on any atom is -0.349 e. The van der Waals surface area contributed by atoms with Gasteiger partial charge in [0.15, 0.2) is 0 Å². The summed E-state index contributed by atoms with van der Waals surface area (Å²) in [7, 11) is 0. The van der Waals surface area contributed by atoms with Crippen LogP contribution >= 0.6 is 0 Å². The van der Waals surface area contributed by atoms with Crippen LogP contribution in [-0.2, 0) is 0 Å². The van der Waals surface area contributed by atoms with Crippen LogP contribution in [0, 0.1) is 37.4 Å². The highest BCUT2D eigenvalue weighted by molar-refractivity contribution is 5.78. The number of nitrogens with zero attached hydrogens (tertiary/aromatic N) is 3. The second kappa shape index (κ2) is 5.84. The number of benzene rings is 2. The molecular formula is C13H7FN4O4. The topological polar surface area (TPSA) is 122 Å². The fourth-order valence-corrected chi connectivity index (χ4v) is 1.76. The van der Waals surface area contributed by atoms with Crippen molar-refractivity contribution in [1.29, 1.82) is 5.26 Å². The molecule has 0 amide bonds. The molecule has 2 aromatic carbocycles. The third kappa shape index (κ3) is 2.96. The number of anilines is 2. The first kappa shape index (κ1) is 14.9. The summed E-state index contributed by atoms with van der Waals surface area (Å²) in [5.41, 5.74) is -1.33. The van der Waals surface area contributed by atoms with Crippen molar-refractivity contribution in [3.05, 3.63) is 68.0 Å². The maximum absolute atomic E-state index is 12.9. The van der Waals surface area contributed by atoms with E-state index in [2.05, 4.69) is 5.32 Å². The van der Waals surface area contributed by atoms with Crippen LogP contribution in [0.4, 0.5) is 27.1 Å². The van der Waals surface area contributed by atoms with Crippen LogP contribution in [-0.4, -0.2) is 9.85 Å². The van der Waals surface area contributed by atoms with Crippen LogP contribution in [0.5, 0.6) is 0 Å². The standard InChI is InChI=1S/C13H7FN4O4/c14-9-1-3-10(4-2-9)16-13-8(7-15)5-11(17(19)20)6-12(13)18(21)22/h1-6,16H. The highest BCUT2D eigenvalue weighted by atomic mass is 19.1. The largest absolute Gasteiger partial charge is 0.349 e. The van der Waals surface area contributed by atoms with E-state index in [1.165, 1.54) is 12.1 Å². The van der Waals surface area contributed by atoms with Crippen molar-refractivity contribution in [2.45, 2.75) is 0 Å². The van der Waals surface area contributed by atoms with Crippen molar-refractivity contribution in [1.82, 2.24) is 0 Å². The van der Waals surface area contributed by atoms with Crippen LogP contribution in [0.25, 0.3) is 0 Å². The number of halogens is 1. The summed E-state index contributed by atoms with van der Waals surface area (Å²) in [5, 5.41) is 33.5. The third-order valence-electron chi connectivity index (χ3n) is 2.74. The second-order valence-corrected chi connectivity index (χ2v) is 4.15. The Bertz CT molecular complexity index is 799. The quantitative estimate of drug-likeness (QED) is 0.683. The van der Waals surface area contributed by atoms with Gasteiger partial charge >= 0.3 is 5.69 Å². The number of hydrogen-bond acceptors (Lipinski definition) is 6. The molecule has 0 aliphatic carbocycles. The number of nitrogens with one attached hydrogen (secondary N) is 1. The summed E-state index contributed by atoms with van der Waals surface area (Å²) in [6, 6.07) is 8.26. The maximum Gasteiger partial charge on any atom is 0.300 e. The van der Waals surface area contributed by atoms with E-state index in [1.54, 1.807) is 6.07 Å². The molecule has 0 bridgehead atoms. The van der Waals surface area contributed by atoms with Crippen molar-refractivity contribution in [3.8, 4) is 6.07 Å². The fraction of sp³-hybridized carbons (Fsp3) is 0. The molecule has 0 spiro atoms. The second-order valence-electron chi connectivity index (χ2n) is 4.15. The normalized spacial score (nSPS) is 9.82. The van der Waals surface area contributed by atoms with E-state index in [0.717, 1.165) is 24.3 Å². The van der Waals surface area contributed by atoms with E-state index in [1.807, 2.05) is 0 Å². The van der Waals surface area contributed by atoms with Gasteiger partial charge < -0.3 is 5.32 Å². The van der Waals surface area contributed by atoms with Gasteiger partial charge in [-0.15, -0.1) is 0 Å². The average molecular weight is 302 g/mol. The molecule has 0 unspecified atom stereocenters. The zero-order valence-electron chi connectivity index (χ0n) is 10.8. The molecule has 0 radical (unpaired) electrons. The van der Waals surface area contributed by atoms with Gasteiger partial charge in [0.2, 0.25) is 0 Å². The van der Waals surface area contributed by atoms with Gasteiger partial charge in [0.1, 0.15) is 17.6 Å². The number of nitriles is 1. The molecule has 1 N–H and O–H groups in total. The summed E-state index contributed by atoms with van der Waals surface area (Å²) in [5.74, 6) is -0.496. The van der Waals surface area contributed by atoms with Crippen LogP contribution in [0.3, 0.4) is 0 Å². The Balaban J connectivity index is 2.58. The highest BCUT2D eigenvalue weighted by Crippen LogP contribution is 2.35. The lowest BCUT2D eigenvalue weighted by Gasteiger charge is -2.08. The minimum atomic E-state index is -0.834. The van der Waals surface area contributed by atoms with Gasteiger partial charge in [0.25, 0.3) is 5.69 Å². The summed E-state index contributed by atoms with van der Waals surface area (Å²) in [6.07, 6.45) is 0. The van der Waals surface area contributed by atoms with Crippen molar-refractivity contribution >= 4 is 22.7 Å². The van der Waals surface area contributed by atoms with Crippen LogP contribution in [0.1, 0.15) is 5.56 Å². The Kier molecular flexibility index (Phi) is 3.94. The lowest BCUT2D eigenvalue weighted by Crippen LogP contribution is -2.02. The number of non-ortho nitro benzene ring substituents is 1. The van der Waals surface area contributed by atoms with Crippen molar-refractivity contribution in [2.24, 2.45) is 0 Å². The van der Waals surface area contributed by atoms with E-state index < -0.39 is 27.0 Å². The molecule has 8 nitrogen and oxygen atoms in total. The molecule has 0 aliphatic heterocycles. The maximum atomic E-state index is 12.9. The van der Waals surface area contributed by atoms with E-state index in [4.69, 9.17) is 5.26 Å². The molecular weight excluding hydrogens is 295 g/mol. The molecule has 0 fully saturated rings. The van der Waals surface area contributed by atoms with Gasteiger partial charge in [-0.3, -0.25) is 20.2 Å². The van der Waals surface area contributed by atoms with Gasteiger partial charge in [-0.1, -0.05) is 0 Å². The molecule has 0 aromatic heterocycles. The van der Waals surface area contributed by atoms with Crippen LogP contribution < -0.4 is 5.32 Å². The van der Waals surface area contributed by atoms with Crippen molar-refractivity contribution in [2.75, 3.05) is 5.32 Å². The monoisotopic (exact) mass is 302 g/mol. The molecule has 2 rings (SSSR count). The number of nitro benzene ring substituents is 2. The van der Waals surface area contributed by atoms with E-state index >= 15 is 0 Å². The Morgan fingerprint density at radius 2 is 1.73 bits per heavy atom. The highest BCUT2D eigenvalue weighted by Gasteiger charge is 2.24. The Labute approximate surface area is 122 Å². The van der Waals surface area contributed by atoms with Crippen molar-refractivity contribution in [3.63, 3.8) is 0 Å². The third-order valence-corrected chi connectivity index (χ3v) is 2.74. The number of nitro groups is 2. The van der Waals surface area contributed by atoms with E-state index in [-0.39, 0.29) is 11.3 Å². The zero-order chi connectivity index (χ0) is 16.3. The summed E-state index contributed by atoms with van der Waals surface area (Å²) >= 11 is 0. The molecule has 2 aromatic rings. The van der Waals surface area contributed by atoms with Gasteiger partial charge in [-0.05, 0) is 24.3 Å². The number of rotatable bonds is 4.